The first kappa shape index (κ1) is 11.6. The van der Waals surface area contributed by atoms with Crippen molar-refractivity contribution in [2.75, 3.05) is 26.2 Å². The molecule has 2 heterocycles. The van der Waals surface area contributed by atoms with Crippen LogP contribution in [0.1, 0.15) is 15.9 Å². The van der Waals surface area contributed by atoms with Crippen molar-refractivity contribution in [3.8, 4) is 0 Å². The Hall–Kier alpha value is -1.91. The third-order valence-electron chi connectivity index (χ3n) is 3.02. The summed E-state index contributed by atoms with van der Waals surface area (Å²) < 4.78 is 0. The summed E-state index contributed by atoms with van der Waals surface area (Å²) in [5.41, 5.74) is 1.58. The van der Waals surface area contributed by atoms with E-state index >= 15 is 0 Å². The second kappa shape index (κ2) is 4.95. The van der Waals surface area contributed by atoms with Crippen LogP contribution in [-0.4, -0.2) is 53.3 Å². The maximum absolute atomic E-state index is 12.2. The number of carbonyl (C=O) groups excluding carboxylic acids is 2. The van der Waals surface area contributed by atoms with Crippen molar-refractivity contribution in [2.24, 2.45) is 0 Å². The maximum atomic E-state index is 12.2. The lowest BCUT2D eigenvalue weighted by Crippen LogP contribution is -2.48. The third kappa shape index (κ3) is 2.43. The Kier molecular flexibility index (Phi) is 3.37. The molecule has 1 aromatic heterocycles. The van der Waals surface area contributed by atoms with Crippen molar-refractivity contribution in [3.05, 3.63) is 29.6 Å². The standard InChI is InChI=1S/C12H15N3O2/c1-10-2-3-13-8-11(10)12(17)15-6-4-14(9-16)5-7-15/h2-3,8-9H,4-7H2,1H3. The molecule has 0 aliphatic carbocycles. The van der Waals surface area contributed by atoms with Gasteiger partial charge in [0.1, 0.15) is 0 Å². The number of aromatic nitrogens is 1. The number of aryl methyl sites for hydroxylation is 1. The molecule has 0 radical (unpaired) electrons. The molecule has 5 nitrogen and oxygen atoms in total. The molecule has 1 aliphatic rings. The first-order valence-electron chi connectivity index (χ1n) is 5.61. The minimum Gasteiger partial charge on any atom is -0.342 e. The Morgan fingerprint density at radius 3 is 2.65 bits per heavy atom. The number of carbonyl (C=O) groups is 2. The molecule has 0 unspecified atom stereocenters. The number of pyridine rings is 1. The highest BCUT2D eigenvalue weighted by Crippen LogP contribution is 2.10. The maximum Gasteiger partial charge on any atom is 0.255 e. The molecular weight excluding hydrogens is 218 g/mol. The summed E-state index contributed by atoms with van der Waals surface area (Å²) in [5.74, 6) is 0.00106. The van der Waals surface area contributed by atoms with Gasteiger partial charge in [-0.05, 0) is 18.6 Å². The molecule has 0 N–H and O–H groups in total. The van der Waals surface area contributed by atoms with Crippen LogP contribution in [0.2, 0.25) is 0 Å². The van der Waals surface area contributed by atoms with Crippen LogP contribution < -0.4 is 0 Å². The van der Waals surface area contributed by atoms with Gasteiger partial charge in [0.05, 0.1) is 5.56 Å². The van der Waals surface area contributed by atoms with E-state index in [-0.39, 0.29) is 5.91 Å². The lowest BCUT2D eigenvalue weighted by Gasteiger charge is -2.32. The van der Waals surface area contributed by atoms with Crippen LogP contribution >= 0.6 is 0 Å². The van der Waals surface area contributed by atoms with Gasteiger partial charge in [0.15, 0.2) is 0 Å². The average molecular weight is 233 g/mol. The molecular formula is C12H15N3O2. The Bertz CT molecular complexity index is 426. The van der Waals surface area contributed by atoms with Crippen molar-refractivity contribution in [1.29, 1.82) is 0 Å². The highest BCUT2D eigenvalue weighted by Gasteiger charge is 2.22. The Labute approximate surface area is 100 Å². The number of hydrogen-bond acceptors (Lipinski definition) is 3. The fourth-order valence-corrected chi connectivity index (χ4v) is 1.89. The molecule has 2 amide bonds. The highest BCUT2D eigenvalue weighted by atomic mass is 16.2. The first-order chi connectivity index (χ1) is 8.22. The minimum absolute atomic E-state index is 0.00106. The quantitative estimate of drug-likeness (QED) is 0.691. The van der Waals surface area contributed by atoms with Crippen LogP contribution in [0.15, 0.2) is 18.5 Å². The van der Waals surface area contributed by atoms with Crippen LogP contribution in [0.5, 0.6) is 0 Å². The molecule has 0 bridgehead atoms. The molecule has 0 saturated carbocycles. The molecule has 2 rings (SSSR count). The van der Waals surface area contributed by atoms with Gasteiger partial charge in [-0.3, -0.25) is 14.6 Å². The largest absolute Gasteiger partial charge is 0.342 e. The monoisotopic (exact) mass is 233 g/mol. The smallest absolute Gasteiger partial charge is 0.255 e. The lowest BCUT2D eigenvalue weighted by molar-refractivity contribution is -0.119. The van der Waals surface area contributed by atoms with Crippen molar-refractivity contribution in [3.63, 3.8) is 0 Å². The molecule has 0 spiro atoms. The van der Waals surface area contributed by atoms with Gasteiger partial charge in [-0.1, -0.05) is 0 Å². The van der Waals surface area contributed by atoms with Gasteiger partial charge in [-0.15, -0.1) is 0 Å². The Morgan fingerprint density at radius 1 is 1.35 bits per heavy atom. The Morgan fingerprint density at radius 2 is 2.06 bits per heavy atom. The van der Waals surface area contributed by atoms with Crippen molar-refractivity contribution < 1.29 is 9.59 Å². The average Bonchev–Trinajstić information content (AvgIpc) is 2.39. The summed E-state index contributed by atoms with van der Waals surface area (Å²) in [6.07, 6.45) is 4.11. The van der Waals surface area contributed by atoms with Crippen LogP contribution in [0.3, 0.4) is 0 Å². The number of piperazine rings is 1. The van der Waals surface area contributed by atoms with E-state index < -0.39 is 0 Å². The summed E-state index contributed by atoms with van der Waals surface area (Å²) >= 11 is 0. The summed E-state index contributed by atoms with van der Waals surface area (Å²) in [7, 11) is 0. The highest BCUT2D eigenvalue weighted by molar-refractivity contribution is 5.95. The van der Waals surface area contributed by atoms with E-state index in [9.17, 15) is 9.59 Å². The minimum atomic E-state index is 0.00106. The van der Waals surface area contributed by atoms with Gasteiger partial charge < -0.3 is 9.80 Å². The van der Waals surface area contributed by atoms with Crippen LogP contribution in [0, 0.1) is 6.92 Å². The summed E-state index contributed by atoms with van der Waals surface area (Å²) in [4.78, 5) is 30.2. The molecule has 0 atom stereocenters. The Balaban J connectivity index is 2.07. The summed E-state index contributed by atoms with van der Waals surface area (Å²) in [6, 6.07) is 1.83. The summed E-state index contributed by atoms with van der Waals surface area (Å²) in [5, 5.41) is 0. The zero-order valence-corrected chi connectivity index (χ0v) is 9.80. The SMILES string of the molecule is Cc1ccncc1C(=O)N1CCN(C=O)CC1. The van der Waals surface area contributed by atoms with E-state index in [2.05, 4.69) is 4.98 Å². The zero-order valence-electron chi connectivity index (χ0n) is 9.80. The predicted octanol–water partition coefficient (Wildman–Crippen LogP) is 0.304. The fourth-order valence-electron chi connectivity index (χ4n) is 1.89. The number of rotatable bonds is 2. The number of amides is 2. The number of hydrogen-bond donors (Lipinski definition) is 0. The summed E-state index contributed by atoms with van der Waals surface area (Å²) in [6.45, 7) is 4.29. The van der Waals surface area contributed by atoms with Crippen molar-refractivity contribution in [1.82, 2.24) is 14.8 Å². The van der Waals surface area contributed by atoms with Gasteiger partial charge in [-0.2, -0.15) is 0 Å². The van der Waals surface area contributed by atoms with E-state index in [0.29, 0.717) is 31.7 Å². The van der Waals surface area contributed by atoms with Crippen molar-refractivity contribution >= 4 is 12.3 Å². The van der Waals surface area contributed by atoms with Gasteiger partial charge >= 0.3 is 0 Å². The normalized spacial score (nSPS) is 15.8. The second-order valence-corrected chi connectivity index (χ2v) is 4.12. The topological polar surface area (TPSA) is 53.5 Å². The molecule has 90 valence electrons. The van der Waals surface area contributed by atoms with Crippen LogP contribution in [-0.2, 0) is 4.79 Å². The molecule has 0 aromatic carbocycles. The van der Waals surface area contributed by atoms with E-state index in [1.807, 2.05) is 13.0 Å². The lowest BCUT2D eigenvalue weighted by atomic mass is 10.1. The van der Waals surface area contributed by atoms with E-state index in [0.717, 1.165) is 12.0 Å². The second-order valence-electron chi connectivity index (χ2n) is 4.12. The predicted molar refractivity (Wildman–Crippen MR) is 62.5 cm³/mol. The molecule has 17 heavy (non-hydrogen) atoms. The van der Waals surface area contributed by atoms with Crippen LogP contribution in [0.4, 0.5) is 0 Å². The molecule has 1 saturated heterocycles. The third-order valence-corrected chi connectivity index (χ3v) is 3.02. The molecule has 5 heteroatoms. The van der Waals surface area contributed by atoms with Gasteiger partial charge in [0.2, 0.25) is 6.41 Å². The van der Waals surface area contributed by atoms with Crippen molar-refractivity contribution in [2.45, 2.75) is 6.92 Å². The van der Waals surface area contributed by atoms with E-state index in [1.165, 1.54) is 0 Å². The van der Waals surface area contributed by atoms with E-state index in [1.54, 1.807) is 22.2 Å². The fraction of sp³-hybridized carbons (Fsp3) is 0.417. The molecule has 1 aromatic rings. The van der Waals surface area contributed by atoms with Gasteiger partial charge in [-0.25, -0.2) is 0 Å². The van der Waals surface area contributed by atoms with Gasteiger partial charge in [0.25, 0.3) is 5.91 Å². The van der Waals surface area contributed by atoms with E-state index in [4.69, 9.17) is 0 Å². The molecule has 1 fully saturated rings. The first-order valence-corrected chi connectivity index (χ1v) is 5.61. The van der Waals surface area contributed by atoms with Gasteiger partial charge in [0, 0.05) is 38.6 Å². The molecule has 1 aliphatic heterocycles. The zero-order chi connectivity index (χ0) is 12.3. The number of nitrogens with zero attached hydrogens (tertiary/aromatic N) is 3. The van der Waals surface area contributed by atoms with Crippen LogP contribution in [0.25, 0.3) is 0 Å².